The molecule has 1 atom stereocenters. The van der Waals surface area contributed by atoms with E-state index in [4.69, 9.17) is 10.1 Å². The molecule has 1 aromatic rings. The minimum atomic E-state index is -0.799. The molecule has 1 unspecified atom stereocenters. The molecule has 2 heterocycles. The highest BCUT2D eigenvalue weighted by Crippen LogP contribution is 2.45. The van der Waals surface area contributed by atoms with E-state index in [1.54, 1.807) is 12.1 Å². The van der Waals surface area contributed by atoms with Gasteiger partial charge >= 0.3 is 0 Å². The summed E-state index contributed by atoms with van der Waals surface area (Å²) in [5, 5.41) is 25.7. The zero-order chi connectivity index (χ0) is 24.3. The summed E-state index contributed by atoms with van der Waals surface area (Å²) >= 11 is 0. The lowest BCUT2D eigenvalue weighted by Crippen LogP contribution is -2.49. The SMILES string of the molecule is CC(=N)/C(=C\O)C(=O)NC(C(=O)Nc1ccc2c(c1)NC(=O)C21CCOCC1)C1CCCCC1. The average Bonchev–Trinajstić information content (AvgIpc) is 3.08. The van der Waals surface area contributed by atoms with E-state index < -0.39 is 17.4 Å². The van der Waals surface area contributed by atoms with Crippen LogP contribution in [0.4, 0.5) is 11.4 Å². The highest BCUT2D eigenvalue weighted by molar-refractivity contribution is 6.20. The maximum atomic E-state index is 13.3. The van der Waals surface area contributed by atoms with Gasteiger partial charge in [-0.15, -0.1) is 0 Å². The standard InChI is InChI=1S/C25H32N4O5/c1-15(26)18(14-30)22(31)29-21(16-5-3-2-4-6-16)23(32)27-17-7-8-19-20(13-17)28-24(33)25(19)9-11-34-12-10-25/h7-8,13-14,16,21,26,30H,2-6,9-12H2,1H3,(H,27,32)(H,28,33)(H,29,31)/b18-14+,26-15?. The van der Waals surface area contributed by atoms with Crippen LogP contribution in [0.3, 0.4) is 0 Å². The molecule has 1 aromatic carbocycles. The zero-order valence-corrected chi connectivity index (χ0v) is 19.4. The molecular formula is C25H32N4O5. The zero-order valence-electron chi connectivity index (χ0n) is 19.4. The first-order chi connectivity index (χ1) is 16.4. The molecule has 3 aliphatic rings. The van der Waals surface area contributed by atoms with Crippen molar-refractivity contribution in [3.8, 4) is 0 Å². The molecule has 2 fully saturated rings. The number of rotatable bonds is 6. The first-order valence-corrected chi connectivity index (χ1v) is 11.9. The molecule has 0 radical (unpaired) electrons. The molecule has 5 N–H and O–H groups in total. The fourth-order valence-corrected chi connectivity index (χ4v) is 5.35. The van der Waals surface area contributed by atoms with Crippen molar-refractivity contribution >= 4 is 34.8 Å². The molecule has 1 spiro atoms. The van der Waals surface area contributed by atoms with Gasteiger partial charge in [0.1, 0.15) is 6.04 Å². The number of ether oxygens (including phenoxy) is 1. The van der Waals surface area contributed by atoms with Crippen LogP contribution in [0.2, 0.25) is 0 Å². The van der Waals surface area contributed by atoms with Gasteiger partial charge in [-0.25, -0.2) is 0 Å². The molecule has 1 saturated heterocycles. The van der Waals surface area contributed by atoms with Crippen LogP contribution in [0.25, 0.3) is 0 Å². The number of carbonyl (C=O) groups is 3. The molecule has 4 rings (SSSR count). The lowest BCUT2D eigenvalue weighted by Gasteiger charge is -2.31. The van der Waals surface area contributed by atoms with Gasteiger partial charge in [0.05, 0.1) is 17.3 Å². The molecular weight excluding hydrogens is 436 g/mol. The number of amides is 3. The van der Waals surface area contributed by atoms with Crippen molar-refractivity contribution < 1.29 is 24.2 Å². The van der Waals surface area contributed by atoms with Gasteiger partial charge in [-0.05, 0) is 56.2 Å². The number of hydrogen-bond acceptors (Lipinski definition) is 6. The van der Waals surface area contributed by atoms with Gasteiger partial charge in [0.2, 0.25) is 11.8 Å². The number of fused-ring (bicyclic) bond motifs is 2. The third kappa shape index (κ3) is 4.57. The molecule has 182 valence electrons. The molecule has 0 bridgehead atoms. The molecule has 9 heteroatoms. The minimum Gasteiger partial charge on any atom is -0.515 e. The Labute approximate surface area is 198 Å². The van der Waals surface area contributed by atoms with Crippen molar-refractivity contribution in [1.82, 2.24) is 5.32 Å². The Hall–Kier alpha value is -3.20. The maximum absolute atomic E-state index is 13.3. The fourth-order valence-electron chi connectivity index (χ4n) is 5.35. The lowest BCUT2D eigenvalue weighted by atomic mass is 9.75. The summed E-state index contributed by atoms with van der Waals surface area (Å²) in [5.74, 6) is -1.08. The number of hydrogen-bond donors (Lipinski definition) is 5. The fraction of sp³-hybridized carbons (Fsp3) is 0.520. The number of aliphatic hydroxyl groups excluding tert-OH is 1. The second-order valence-corrected chi connectivity index (χ2v) is 9.42. The second kappa shape index (κ2) is 9.97. The number of anilines is 2. The summed E-state index contributed by atoms with van der Waals surface area (Å²) in [5.41, 5.74) is 1.31. The van der Waals surface area contributed by atoms with Crippen LogP contribution in [0.5, 0.6) is 0 Å². The van der Waals surface area contributed by atoms with Gasteiger partial charge in [0.15, 0.2) is 0 Å². The average molecular weight is 469 g/mol. The first kappa shape index (κ1) is 23.9. The summed E-state index contributed by atoms with van der Waals surface area (Å²) < 4.78 is 5.45. The summed E-state index contributed by atoms with van der Waals surface area (Å²) in [7, 11) is 0. The Morgan fingerprint density at radius 1 is 1.24 bits per heavy atom. The molecule has 1 saturated carbocycles. The van der Waals surface area contributed by atoms with Crippen molar-refractivity contribution in [3.05, 3.63) is 35.6 Å². The van der Waals surface area contributed by atoms with Crippen molar-refractivity contribution in [1.29, 1.82) is 5.41 Å². The monoisotopic (exact) mass is 468 g/mol. The van der Waals surface area contributed by atoms with Gasteiger partial charge in [-0.2, -0.15) is 0 Å². The van der Waals surface area contributed by atoms with Crippen LogP contribution >= 0.6 is 0 Å². The summed E-state index contributed by atoms with van der Waals surface area (Å²) in [6.45, 7) is 2.47. The van der Waals surface area contributed by atoms with E-state index in [0.29, 0.717) is 43.7 Å². The molecule has 1 aliphatic carbocycles. The molecule has 9 nitrogen and oxygen atoms in total. The molecule has 0 aromatic heterocycles. The van der Waals surface area contributed by atoms with E-state index in [9.17, 15) is 19.5 Å². The van der Waals surface area contributed by atoms with Crippen molar-refractivity contribution in [2.75, 3.05) is 23.8 Å². The third-order valence-corrected chi connectivity index (χ3v) is 7.30. The maximum Gasteiger partial charge on any atom is 0.256 e. The van der Waals surface area contributed by atoms with E-state index in [1.807, 2.05) is 6.07 Å². The Bertz CT molecular complexity index is 1020. The number of aliphatic hydroxyl groups is 1. The van der Waals surface area contributed by atoms with Crippen LogP contribution in [0, 0.1) is 11.3 Å². The largest absolute Gasteiger partial charge is 0.515 e. The first-order valence-electron chi connectivity index (χ1n) is 11.9. The second-order valence-electron chi connectivity index (χ2n) is 9.42. The Kier molecular flexibility index (Phi) is 7.02. The Morgan fingerprint density at radius 3 is 2.59 bits per heavy atom. The number of carbonyl (C=O) groups excluding carboxylic acids is 3. The minimum absolute atomic E-state index is 0.0352. The van der Waals surface area contributed by atoms with E-state index in [0.717, 1.165) is 37.7 Å². The van der Waals surface area contributed by atoms with Gasteiger partial charge < -0.3 is 31.2 Å². The van der Waals surface area contributed by atoms with Gasteiger partial charge in [0, 0.05) is 30.3 Å². The highest BCUT2D eigenvalue weighted by atomic mass is 16.5. The van der Waals surface area contributed by atoms with E-state index in [-0.39, 0.29) is 29.0 Å². The third-order valence-electron chi connectivity index (χ3n) is 7.30. The molecule has 2 aliphatic heterocycles. The summed E-state index contributed by atoms with van der Waals surface area (Å²) in [6.07, 6.45) is 6.53. The summed E-state index contributed by atoms with van der Waals surface area (Å²) in [6, 6.07) is 4.63. The number of nitrogens with one attached hydrogen (secondary N) is 4. The van der Waals surface area contributed by atoms with Crippen LogP contribution in [-0.4, -0.2) is 47.8 Å². The van der Waals surface area contributed by atoms with E-state index in [2.05, 4.69) is 16.0 Å². The van der Waals surface area contributed by atoms with Crippen LogP contribution < -0.4 is 16.0 Å². The Balaban J connectivity index is 1.53. The van der Waals surface area contributed by atoms with Crippen molar-refractivity contribution in [3.63, 3.8) is 0 Å². The summed E-state index contributed by atoms with van der Waals surface area (Å²) in [4.78, 5) is 38.8. The van der Waals surface area contributed by atoms with Crippen molar-refractivity contribution in [2.24, 2.45) is 5.92 Å². The van der Waals surface area contributed by atoms with Crippen LogP contribution in [0.15, 0.2) is 30.0 Å². The number of benzene rings is 1. The lowest BCUT2D eigenvalue weighted by molar-refractivity contribution is -0.125. The van der Waals surface area contributed by atoms with Gasteiger partial charge in [-0.3, -0.25) is 14.4 Å². The van der Waals surface area contributed by atoms with Gasteiger partial charge in [-0.1, -0.05) is 25.3 Å². The topological polar surface area (TPSA) is 141 Å². The van der Waals surface area contributed by atoms with Crippen molar-refractivity contribution in [2.45, 2.75) is 63.3 Å². The normalized spacial score (nSPS) is 20.9. The quantitative estimate of drug-likeness (QED) is 0.248. The molecule has 3 amide bonds. The molecule has 34 heavy (non-hydrogen) atoms. The van der Waals surface area contributed by atoms with E-state index >= 15 is 0 Å². The smallest absolute Gasteiger partial charge is 0.256 e. The predicted molar refractivity (Wildman–Crippen MR) is 128 cm³/mol. The van der Waals surface area contributed by atoms with E-state index in [1.165, 1.54) is 6.92 Å². The van der Waals surface area contributed by atoms with Crippen LogP contribution in [0.1, 0.15) is 57.4 Å². The van der Waals surface area contributed by atoms with Gasteiger partial charge in [0.25, 0.3) is 5.91 Å². The predicted octanol–water partition coefficient (Wildman–Crippen LogP) is 3.17. The highest BCUT2D eigenvalue weighted by Gasteiger charge is 2.47. The Morgan fingerprint density at radius 2 is 1.94 bits per heavy atom. The van der Waals surface area contributed by atoms with Crippen LogP contribution in [-0.2, 0) is 24.5 Å².